The van der Waals surface area contributed by atoms with Crippen LogP contribution in [0.3, 0.4) is 0 Å². The lowest BCUT2D eigenvalue weighted by Crippen LogP contribution is -2.20. The molecule has 0 aromatic heterocycles. The second-order valence-corrected chi connectivity index (χ2v) is 3.71. The summed E-state index contributed by atoms with van der Waals surface area (Å²) in [6.07, 6.45) is 7.27. The first-order valence-corrected chi connectivity index (χ1v) is 4.88. The predicted molar refractivity (Wildman–Crippen MR) is 46.7 cm³/mol. The molecule has 0 aliphatic heterocycles. The van der Waals surface area contributed by atoms with E-state index in [-0.39, 0.29) is 12.6 Å². The van der Waals surface area contributed by atoms with Crippen molar-refractivity contribution in [3.05, 3.63) is 0 Å². The second-order valence-electron chi connectivity index (χ2n) is 3.71. The number of alkyl halides is 1. The molecule has 0 aromatic carbocycles. The SMILES string of the molecule is O=CCC(CF)C1CCCCC1. The van der Waals surface area contributed by atoms with Crippen molar-refractivity contribution in [3.63, 3.8) is 0 Å². The van der Waals surface area contributed by atoms with Crippen LogP contribution >= 0.6 is 0 Å². The first-order chi connectivity index (χ1) is 5.88. The summed E-state index contributed by atoms with van der Waals surface area (Å²) >= 11 is 0. The summed E-state index contributed by atoms with van der Waals surface area (Å²) in [5.74, 6) is 0.497. The van der Waals surface area contributed by atoms with E-state index in [9.17, 15) is 9.18 Å². The summed E-state index contributed by atoms with van der Waals surface area (Å²) in [5.41, 5.74) is 0. The maximum absolute atomic E-state index is 12.5. The Morgan fingerprint density at radius 3 is 2.50 bits per heavy atom. The lowest BCUT2D eigenvalue weighted by atomic mass is 9.79. The standard InChI is InChI=1S/C10H17FO/c11-8-10(6-7-12)9-4-2-1-3-5-9/h7,9-10H,1-6,8H2. The number of aldehydes is 1. The molecule has 0 amide bonds. The number of halogens is 1. The fraction of sp³-hybridized carbons (Fsp3) is 0.900. The van der Waals surface area contributed by atoms with Crippen LogP contribution in [0.4, 0.5) is 4.39 Å². The molecule has 0 spiro atoms. The van der Waals surface area contributed by atoms with Gasteiger partial charge in [0.2, 0.25) is 0 Å². The van der Waals surface area contributed by atoms with Crippen molar-refractivity contribution in [2.45, 2.75) is 38.5 Å². The first kappa shape index (κ1) is 9.69. The van der Waals surface area contributed by atoms with Crippen LogP contribution in [0, 0.1) is 11.8 Å². The van der Waals surface area contributed by atoms with Gasteiger partial charge in [0.25, 0.3) is 0 Å². The van der Waals surface area contributed by atoms with Crippen LogP contribution in [0.5, 0.6) is 0 Å². The summed E-state index contributed by atoms with van der Waals surface area (Å²) in [7, 11) is 0. The Morgan fingerprint density at radius 1 is 1.33 bits per heavy atom. The fourth-order valence-electron chi connectivity index (χ4n) is 2.11. The maximum Gasteiger partial charge on any atom is 0.120 e. The molecule has 1 saturated carbocycles. The minimum atomic E-state index is -0.316. The Bertz CT molecular complexity index is 130. The van der Waals surface area contributed by atoms with E-state index >= 15 is 0 Å². The van der Waals surface area contributed by atoms with E-state index in [1.54, 1.807) is 0 Å². The van der Waals surface area contributed by atoms with Gasteiger partial charge in [-0.3, -0.25) is 4.39 Å². The van der Waals surface area contributed by atoms with Gasteiger partial charge in [-0.1, -0.05) is 32.1 Å². The van der Waals surface area contributed by atoms with Crippen molar-refractivity contribution in [2.75, 3.05) is 6.67 Å². The smallest absolute Gasteiger partial charge is 0.120 e. The topological polar surface area (TPSA) is 17.1 Å². The Morgan fingerprint density at radius 2 is 2.00 bits per heavy atom. The zero-order chi connectivity index (χ0) is 8.81. The monoisotopic (exact) mass is 172 g/mol. The minimum absolute atomic E-state index is 0.0165. The van der Waals surface area contributed by atoms with E-state index in [0.717, 1.165) is 19.1 Å². The van der Waals surface area contributed by atoms with Crippen molar-refractivity contribution in [1.82, 2.24) is 0 Å². The van der Waals surface area contributed by atoms with Gasteiger partial charge < -0.3 is 4.79 Å². The molecular weight excluding hydrogens is 155 g/mol. The van der Waals surface area contributed by atoms with Gasteiger partial charge in [-0.25, -0.2) is 0 Å². The third-order valence-corrected chi connectivity index (χ3v) is 2.91. The average Bonchev–Trinajstić information content (AvgIpc) is 2.15. The van der Waals surface area contributed by atoms with E-state index in [0.29, 0.717) is 12.3 Å². The summed E-state index contributed by atoms with van der Waals surface area (Å²) in [4.78, 5) is 10.3. The zero-order valence-electron chi connectivity index (χ0n) is 7.47. The largest absolute Gasteiger partial charge is 0.303 e. The second kappa shape index (κ2) is 5.28. The number of carbonyl (C=O) groups is 1. The van der Waals surface area contributed by atoms with Crippen LogP contribution in [0.1, 0.15) is 38.5 Å². The Hall–Kier alpha value is -0.400. The summed E-state index contributed by atoms with van der Waals surface area (Å²) in [6, 6.07) is 0. The third-order valence-electron chi connectivity index (χ3n) is 2.91. The van der Waals surface area contributed by atoms with Gasteiger partial charge in [0.15, 0.2) is 0 Å². The molecule has 0 aromatic rings. The molecule has 1 aliphatic rings. The van der Waals surface area contributed by atoms with Crippen molar-refractivity contribution in [3.8, 4) is 0 Å². The van der Waals surface area contributed by atoms with E-state index in [4.69, 9.17) is 0 Å². The molecule has 1 rings (SSSR count). The molecule has 1 unspecified atom stereocenters. The average molecular weight is 172 g/mol. The molecule has 1 fully saturated rings. The quantitative estimate of drug-likeness (QED) is 0.596. The zero-order valence-corrected chi connectivity index (χ0v) is 7.47. The Balaban J connectivity index is 2.34. The van der Waals surface area contributed by atoms with Gasteiger partial charge in [-0.05, 0) is 11.8 Å². The normalized spacial score (nSPS) is 22.1. The van der Waals surface area contributed by atoms with Crippen LogP contribution in [0.2, 0.25) is 0 Å². The fourth-order valence-corrected chi connectivity index (χ4v) is 2.11. The molecule has 1 nitrogen and oxygen atoms in total. The van der Waals surface area contributed by atoms with E-state index in [2.05, 4.69) is 0 Å². The van der Waals surface area contributed by atoms with Crippen molar-refractivity contribution < 1.29 is 9.18 Å². The molecule has 1 atom stereocenters. The minimum Gasteiger partial charge on any atom is -0.303 e. The maximum atomic E-state index is 12.5. The van der Waals surface area contributed by atoms with Crippen LogP contribution < -0.4 is 0 Å². The molecule has 0 bridgehead atoms. The number of hydrogen-bond donors (Lipinski definition) is 0. The molecular formula is C10H17FO. The van der Waals surface area contributed by atoms with Gasteiger partial charge in [0.1, 0.15) is 6.29 Å². The molecule has 2 heteroatoms. The number of carbonyl (C=O) groups excluding carboxylic acids is 1. The number of rotatable bonds is 4. The van der Waals surface area contributed by atoms with Crippen molar-refractivity contribution in [2.24, 2.45) is 11.8 Å². The summed E-state index contributed by atoms with van der Waals surface area (Å²) < 4.78 is 12.5. The highest BCUT2D eigenvalue weighted by Gasteiger charge is 2.22. The lowest BCUT2D eigenvalue weighted by Gasteiger charge is -2.26. The van der Waals surface area contributed by atoms with Crippen molar-refractivity contribution in [1.29, 1.82) is 0 Å². The van der Waals surface area contributed by atoms with Crippen LogP contribution in [-0.2, 0) is 4.79 Å². The van der Waals surface area contributed by atoms with Crippen LogP contribution in [0.25, 0.3) is 0 Å². The molecule has 0 radical (unpaired) electrons. The highest BCUT2D eigenvalue weighted by molar-refractivity contribution is 5.49. The molecule has 0 N–H and O–H groups in total. The Labute approximate surface area is 73.3 Å². The Kier molecular flexibility index (Phi) is 4.26. The molecule has 0 saturated heterocycles. The lowest BCUT2D eigenvalue weighted by molar-refractivity contribution is -0.109. The van der Waals surface area contributed by atoms with Crippen molar-refractivity contribution >= 4 is 6.29 Å². The predicted octanol–water partition coefficient (Wildman–Crippen LogP) is 2.74. The third kappa shape index (κ3) is 2.58. The summed E-state index contributed by atoms with van der Waals surface area (Å²) in [6.45, 7) is -0.316. The summed E-state index contributed by atoms with van der Waals surface area (Å²) in [5, 5.41) is 0. The highest BCUT2D eigenvalue weighted by Crippen LogP contribution is 2.31. The molecule has 70 valence electrons. The molecule has 12 heavy (non-hydrogen) atoms. The van der Waals surface area contributed by atoms with Gasteiger partial charge in [0, 0.05) is 6.42 Å². The molecule has 0 heterocycles. The van der Waals surface area contributed by atoms with Crippen LogP contribution in [0.15, 0.2) is 0 Å². The number of hydrogen-bond acceptors (Lipinski definition) is 1. The van der Waals surface area contributed by atoms with Crippen LogP contribution in [-0.4, -0.2) is 13.0 Å². The van der Waals surface area contributed by atoms with E-state index in [1.165, 1.54) is 19.3 Å². The highest BCUT2D eigenvalue weighted by atomic mass is 19.1. The van der Waals surface area contributed by atoms with E-state index < -0.39 is 0 Å². The van der Waals surface area contributed by atoms with Gasteiger partial charge in [-0.15, -0.1) is 0 Å². The van der Waals surface area contributed by atoms with Gasteiger partial charge in [0.05, 0.1) is 6.67 Å². The van der Waals surface area contributed by atoms with Gasteiger partial charge in [-0.2, -0.15) is 0 Å². The first-order valence-electron chi connectivity index (χ1n) is 4.88. The molecule has 1 aliphatic carbocycles. The van der Waals surface area contributed by atoms with E-state index in [1.807, 2.05) is 0 Å². The van der Waals surface area contributed by atoms with Gasteiger partial charge >= 0.3 is 0 Å².